The molecular weight excluding hydrogens is 949 g/mol. The van der Waals surface area contributed by atoms with Crippen molar-refractivity contribution in [3.63, 3.8) is 0 Å². The van der Waals surface area contributed by atoms with E-state index in [-0.39, 0.29) is 31.1 Å². The smallest absolute Gasteiger partial charge is 0.306 e. The molecule has 0 aromatic carbocycles. The lowest BCUT2D eigenvalue weighted by Gasteiger charge is -2.18. The van der Waals surface area contributed by atoms with Crippen molar-refractivity contribution in [2.24, 2.45) is 0 Å². The van der Waals surface area contributed by atoms with Gasteiger partial charge in [0.15, 0.2) is 6.10 Å². The maximum absolute atomic E-state index is 12.9. The van der Waals surface area contributed by atoms with Crippen molar-refractivity contribution in [2.45, 2.75) is 271 Å². The topological polar surface area (TPSA) is 78.9 Å². The molecule has 1 atom stereocenters. The summed E-state index contributed by atoms with van der Waals surface area (Å²) in [6.07, 6.45) is 91.4. The predicted molar refractivity (Wildman–Crippen MR) is 334 cm³/mol. The van der Waals surface area contributed by atoms with Crippen LogP contribution in [0.4, 0.5) is 0 Å². The van der Waals surface area contributed by atoms with Crippen LogP contribution in [-0.4, -0.2) is 37.2 Å². The fourth-order valence-electron chi connectivity index (χ4n) is 8.21. The lowest BCUT2D eigenvalue weighted by atomic mass is 10.1. The number of ether oxygens (including phenoxy) is 3. The Morgan fingerprint density at radius 2 is 0.506 bits per heavy atom. The van der Waals surface area contributed by atoms with Gasteiger partial charge in [0.25, 0.3) is 0 Å². The van der Waals surface area contributed by atoms with Crippen molar-refractivity contribution in [2.75, 3.05) is 13.2 Å². The second-order valence-corrected chi connectivity index (χ2v) is 20.2. The molecule has 0 aliphatic heterocycles. The quantitative estimate of drug-likeness (QED) is 0.0261. The van der Waals surface area contributed by atoms with Gasteiger partial charge < -0.3 is 14.2 Å². The van der Waals surface area contributed by atoms with Gasteiger partial charge in [0.2, 0.25) is 0 Å². The van der Waals surface area contributed by atoms with E-state index in [0.717, 1.165) is 161 Å². The van der Waals surface area contributed by atoms with Gasteiger partial charge in [0, 0.05) is 19.3 Å². The second kappa shape index (κ2) is 63.8. The summed E-state index contributed by atoms with van der Waals surface area (Å²) in [4.78, 5) is 38.2. The van der Waals surface area contributed by atoms with Crippen LogP contribution in [0, 0.1) is 0 Å². The minimum absolute atomic E-state index is 0.0917. The van der Waals surface area contributed by atoms with Crippen LogP contribution in [0.3, 0.4) is 0 Å². The van der Waals surface area contributed by atoms with Crippen LogP contribution in [0.15, 0.2) is 146 Å². The molecule has 1 unspecified atom stereocenters. The van der Waals surface area contributed by atoms with E-state index in [9.17, 15) is 14.4 Å². The van der Waals surface area contributed by atoms with Crippen LogP contribution in [0.1, 0.15) is 265 Å². The molecule has 0 spiro atoms. The molecule has 0 aliphatic rings. The lowest BCUT2D eigenvalue weighted by molar-refractivity contribution is -0.167. The standard InChI is InChI=1S/C71H114O6/c1-4-7-10-13-16-19-21-23-25-27-29-30-31-32-33-34-35-36-37-38-39-40-42-43-45-47-49-52-55-58-61-64-70(73)76-67-68(66-75-69(72)63-60-57-54-51-18-15-12-9-6-3)77-71(74)65-62-59-56-53-50-48-46-44-41-28-26-24-22-20-17-14-11-8-5-2/h7-8,10-11,16-17,19-20,23-26,29-30,32-33,35-36,38-39,41-44,68H,4-6,9,12-15,18,21-22,27-28,31,34,37,40,45-67H2,1-3H3/b10-7-,11-8-,19-16-,20-17-,25-23-,26-24-,30-29-,33-32-,36-35-,39-38-,43-42-,44-41-. The minimum Gasteiger partial charge on any atom is -0.462 e. The number of unbranched alkanes of at least 4 members (excludes halogenated alkanes) is 20. The van der Waals surface area contributed by atoms with Crippen LogP contribution in [0.5, 0.6) is 0 Å². The molecule has 0 bridgehead atoms. The third kappa shape index (κ3) is 62.0. The average Bonchev–Trinajstić information content (AvgIpc) is 3.43. The Balaban J connectivity index is 4.29. The third-order valence-corrected chi connectivity index (χ3v) is 12.8. The molecule has 6 nitrogen and oxygen atoms in total. The van der Waals surface area contributed by atoms with Gasteiger partial charge in [-0.25, -0.2) is 0 Å². The lowest BCUT2D eigenvalue weighted by Crippen LogP contribution is -2.30. The zero-order valence-corrected chi connectivity index (χ0v) is 49.7. The van der Waals surface area contributed by atoms with Gasteiger partial charge in [-0.3, -0.25) is 14.4 Å². The summed E-state index contributed by atoms with van der Waals surface area (Å²) in [5.74, 6) is -0.926. The first kappa shape index (κ1) is 72.3. The first-order valence-corrected chi connectivity index (χ1v) is 31.3. The molecule has 434 valence electrons. The van der Waals surface area contributed by atoms with Crippen LogP contribution < -0.4 is 0 Å². The van der Waals surface area contributed by atoms with E-state index in [2.05, 4.69) is 167 Å². The maximum atomic E-state index is 12.9. The number of hydrogen-bond acceptors (Lipinski definition) is 6. The molecule has 0 rings (SSSR count). The second-order valence-electron chi connectivity index (χ2n) is 20.2. The molecule has 77 heavy (non-hydrogen) atoms. The number of allylic oxidation sites excluding steroid dienone is 24. The summed E-state index contributed by atoms with van der Waals surface area (Å²) in [5, 5.41) is 0. The Morgan fingerprint density at radius 1 is 0.273 bits per heavy atom. The normalized spacial score (nSPS) is 13.1. The SMILES string of the molecule is CC/C=C\C/C=C\C/C=C\C/C=C\C/C=C\C/C=C\C/C=C\C/C=C\CCCCCCCCC(=O)OCC(COC(=O)CCCCCCCCCCC)OC(=O)CCCCCCCC/C=C\C/C=C\C/C=C\C/C=C\CC. The van der Waals surface area contributed by atoms with E-state index >= 15 is 0 Å². The summed E-state index contributed by atoms with van der Waals surface area (Å²) in [6, 6.07) is 0. The third-order valence-electron chi connectivity index (χ3n) is 12.8. The number of carbonyl (C=O) groups is 3. The van der Waals surface area contributed by atoms with E-state index in [4.69, 9.17) is 14.2 Å². The van der Waals surface area contributed by atoms with Gasteiger partial charge in [-0.05, 0) is 122 Å². The van der Waals surface area contributed by atoms with Crippen molar-refractivity contribution < 1.29 is 28.6 Å². The molecule has 0 radical (unpaired) electrons. The molecule has 0 saturated heterocycles. The number of carbonyl (C=O) groups excluding carboxylic acids is 3. The fourth-order valence-corrected chi connectivity index (χ4v) is 8.21. The van der Waals surface area contributed by atoms with Gasteiger partial charge in [-0.1, -0.05) is 269 Å². The highest BCUT2D eigenvalue weighted by atomic mass is 16.6. The molecule has 0 N–H and O–H groups in total. The minimum atomic E-state index is -0.796. The van der Waals surface area contributed by atoms with Crippen LogP contribution >= 0.6 is 0 Å². The van der Waals surface area contributed by atoms with Crippen molar-refractivity contribution in [3.05, 3.63) is 146 Å². The number of esters is 3. The molecular formula is C71H114O6. The van der Waals surface area contributed by atoms with E-state index in [1.165, 1.54) is 64.2 Å². The highest BCUT2D eigenvalue weighted by Crippen LogP contribution is 2.14. The largest absolute Gasteiger partial charge is 0.462 e. The van der Waals surface area contributed by atoms with Gasteiger partial charge in [0.1, 0.15) is 13.2 Å². The van der Waals surface area contributed by atoms with Gasteiger partial charge in [-0.2, -0.15) is 0 Å². The van der Waals surface area contributed by atoms with Gasteiger partial charge in [0.05, 0.1) is 0 Å². The molecule has 0 fully saturated rings. The number of rotatable bonds is 55. The highest BCUT2D eigenvalue weighted by molar-refractivity contribution is 5.71. The molecule has 0 aromatic rings. The van der Waals surface area contributed by atoms with Crippen molar-refractivity contribution in [3.8, 4) is 0 Å². The highest BCUT2D eigenvalue weighted by Gasteiger charge is 2.19. The summed E-state index contributed by atoms with van der Waals surface area (Å²) < 4.78 is 16.8. The monoisotopic (exact) mass is 1060 g/mol. The summed E-state index contributed by atoms with van der Waals surface area (Å²) >= 11 is 0. The van der Waals surface area contributed by atoms with Gasteiger partial charge >= 0.3 is 17.9 Å². The van der Waals surface area contributed by atoms with Crippen molar-refractivity contribution in [1.82, 2.24) is 0 Å². The van der Waals surface area contributed by atoms with Crippen molar-refractivity contribution >= 4 is 17.9 Å². The first-order valence-electron chi connectivity index (χ1n) is 31.3. The predicted octanol–water partition coefficient (Wildman–Crippen LogP) is 21.5. The van der Waals surface area contributed by atoms with Gasteiger partial charge in [-0.15, -0.1) is 0 Å². The molecule has 0 amide bonds. The Hall–Kier alpha value is -4.71. The van der Waals surface area contributed by atoms with E-state index in [1.54, 1.807) is 0 Å². The van der Waals surface area contributed by atoms with Crippen LogP contribution in [0.25, 0.3) is 0 Å². The Morgan fingerprint density at radius 3 is 0.792 bits per heavy atom. The van der Waals surface area contributed by atoms with E-state index < -0.39 is 6.10 Å². The zero-order valence-electron chi connectivity index (χ0n) is 49.7. The average molecular weight is 1060 g/mol. The van der Waals surface area contributed by atoms with Crippen molar-refractivity contribution in [1.29, 1.82) is 0 Å². The van der Waals surface area contributed by atoms with Crippen LogP contribution in [-0.2, 0) is 28.6 Å². The summed E-state index contributed by atoms with van der Waals surface area (Å²) in [6.45, 7) is 6.37. The van der Waals surface area contributed by atoms with E-state index in [0.29, 0.717) is 19.3 Å². The number of hydrogen-bond donors (Lipinski definition) is 0. The zero-order chi connectivity index (χ0) is 55.7. The summed E-state index contributed by atoms with van der Waals surface area (Å²) in [5.41, 5.74) is 0. The first-order chi connectivity index (χ1) is 38.0. The summed E-state index contributed by atoms with van der Waals surface area (Å²) in [7, 11) is 0. The molecule has 6 heteroatoms. The molecule has 0 heterocycles. The van der Waals surface area contributed by atoms with E-state index in [1.807, 2.05) is 0 Å². The Bertz CT molecular complexity index is 1700. The maximum Gasteiger partial charge on any atom is 0.306 e. The Labute approximate surface area is 474 Å². The van der Waals surface area contributed by atoms with Crippen LogP contribution in [0.2, 0.25) is 0 Å². The Kier molecular flexibility index (Phi) is 59.9. The molecule has 0 saturated carbocycles. The molecule has 0 aliphatic carbocycles. The molecule has 0 aromatic heterocycles. The fraction of sp³-hybridized carbons (Fsp3) is 0.620.